The Morgan fingerprint density at radius 3 is 3.05 bits per heavy atom. The maximum Gasteiger partial charge on any atom is 0.245 e. The number of nitrogens with zero attached hydrogens (tertiary/aromatic N) is 3. The van der Waals surface area contributed by atoms with Crippen LogP contribution < -0.4 is 10.2 Å². The number of aromatic nitrogens is 3. The SMILES string of the molecule is Cc1ccc(Br)cc1-c1nc(N2CCN[C@@H](C)C2)n[nH]1. The van der Waals surface area contributed by atoms with E-state index in [4.69, 9.17) is 0 Å². The van der Waals surface area contributed by atoms with Crippen LogP contribution in [0.25, 0.3) is 11.4 Å². The molecule has 1 aromatic carbocycles. The molecule has 0 bridgehead atoms. The van der Waals surface area contributed by atoms with E-state index in [0.29, 0.717) is 6.04 Å². The van der Waals surface area contributed by atoms with Crippen molar-refractivity contribution in [1.82, 2.24) is 20.5 Å². The molecule has 106 valence electrons. The van der Waals surface area contributed by atoms with Crippen molar-refractivity contribution in [3.63, 3.8) is 0 Å². The summed E-state index contributed by atoms with van der Waals surface area (Å²) < 4.78 is 1.05. The average Bonchev–Trinajstić information content (AvgIpc) is 2.91. The molecule has 1 fully saturated rings. The lowest BCUT2D eigenvalue weighted by Crippen LogP contribution is -2.49. The molecular weight excluding hydrogens is 318 g/mol. The van der Waals surface area contributed by atoms with E-state index in [1.165, 1.54) is 5.56 Å². The van der Waals surface area contributed by atoms with Gasteiger partial charge in [0.1, 0.15) is 0 Å². The number of aryl methyl sites for hydroxylation is 1. The fraction of sp³-hybridized carbons (Fsp3) is 0.429. The summed E-state index contributed by atoms with van der Waals surface area (Å²) in [7, 11) is 0. The average molecular weight is 336 g/mol. The van der Waals surface area contributed by atoms with Crippen LogP contribution in [0.3, 0.4) is 0 Å². The molecule has 1 aliphatic rings. The molecule has 20 heavy (non-hydrogen) atoms. The van der Waals surface area contributed by atoms with E-state index < -0.39 is 0 Å². The van der Waals surface area contributed by atoms with Gasteiger partial charge in [-0.3, -0.25) is 5.10 Å². The van der Waals surface area contributed by atoms with Crippen molar-refractivity contribution in [2.45, 2.75) is 19.9 Å². The summed E-state index contributed by atoms with van der Waals surface area (Å²) in [6.07, 6.45) is 0. The minimum Gasteiger partial charge on any atom is -0.337 e. The lowest BCUT2D eigenvalue weighted by Gasteiger charge is -2.30. The molecule has 0 saturated carbocycles. The zero-order valence-electron chi connectivity index (χ0n) is 11.7. The number of piperazine rings is 1. The highest BCUT2D eigenvalue weighted by atomic mass is 79.9. The highest BCUT2D eigenvalue weighted by Crippen LogP contribution is 2.25. The van der Waals surface area contributed by atoms with Crippen LogP contribution in [0.4, 0.5) is 5.95 Å². The van der Waals surface area contributed by atoms with Crippen LogP contribution in [0.5, 0.6) is 0 Å². The molecule has 6 heteroatoms. The summed E-state index contributed by atoms with van der Waals surface area (Å²) in [5.74, 6) is 1.61. The van der Waals surface area contributed by atoms with Gasteiger partial charge in [0.25, 0.3) is 0 Å². The molecule has 2 aromatic rings. The van der Waals surface area contributed by atoms with E-state index in [0.717, 1.165) is 41.4 Å². The first-order valence-electron chi connectivity index (χ1n) is 6.81. The van der Waals surface area contributed by atoms with Gasteiger partial charge in [-0.25, -0.2) is 0 Å². The topological polar surface area (TPSA) is 56.8 Å². The van der Waals surface area contributed by atoms with Crippen molar-refractivity contribution < 1.29 is 0 Å². The van der Waals surface area contributed by atoms with Gasteiger partial charge < -0.3 is 10.2 Å². The maximum absolute atomic E-state index is 4.65. The minimum absolute atomic E-state index is 0.471. The van der Waals surface area contributed by atoms with Crippen LogP contribution in [0, 0.1) is 6.92 Å². The molecular formula is C14H18BrN5. The second-order valence-electron chi connectivity index (χ2n) is 5.24. The Balaban J connectivity index is 1.88. The van der Waals surface area contributed by atoms with E-state index in [9.17, 15) is 0 Å². The zero-order valence-corrected chi connectivity index (χ0v) is 13.2. The molecule has 0 unspecified atom stereocenters. The quantitative estimate of drug-likeness (QED) is 0.884. The van der Waals surface area contributed by atoms with E-state index in [1.807, 2.05) is 6.07 Å². The predicted molar refractivity (Wildman–Crippen MR) is 83.9 cm³/mol. The normalized spacial score (nSPS) is 19.4. The largest absolute Gasteiger partial charge is 0.337 e. The number of hydrogen-bond acceptors (Lipinski definition) is 4. The van der Waals surface area contributed by atoms with Crippen molar-refractivity contribution in [2.24, 2.45) is 0 Å². The molecule has 1 aromatic heterocycles. The molecule has 0 radical (unpaired) electrons. The van der Waals surface area contributed by atoms with E-state index in [1.54, 1.807) is 0 Å². The van der Waals surface area contributed by atoms with E-state index in [2.05, 4.69) is 67.3 Å². The lowest BCUT2D eigenvalue weighted by atomic mass is 10.1. The first-order chi connectivity index (χ1) is 9.63. The van der Waals surface area contributed by atoms with Gasteiger partial charge in [0, 0.05) is 35.7 Å². The van der Waals surface area contributed by atoms with Gasteiger partial charge in [-0.05, 0) is 31.5 Å². The Morgan fingerprint density at radius 2 is 2.25 bits per heavy atom. The maximum atomic E-state index is 4.65. The predicted octanol–water partition coefficient (Wildman–Crippen LogP) is 2.34. The van der Waals surface area contributed by atoms with Gasteiger partial charge in [-0.15, -0.1) is 5.10 Å². The van der Waals surface area contributed by atoms with Crippen molar-refractivity contribution in [3.8, 4) is 11.4 Å². The minimum atomic E-state index is 0.471. The first kappa shape index (κ1) is 13.6. The van der Waals surface area contributed by atoms with Crippen LogP contribution in [-0.2, 0) is 0 Å². The van der Waals surface area contributed by atoms with Crippen LogP contribution in [0.1, 0.15) is 12.5 Å². The van der Waals surface area contributed by atoms with Crippen LogP contribution in [0.2, 0.25) is 0 Å². The Kier molecular flexibility index (Phi) is 3.76. The lowest BCUT2D eigenvalue weighted by molar-refractivity contribution is 0.480. The summed E-state index contributed by atoms with van der Waals surface area (Å²) in [5.41, 5.74) is 2.27. The van der Waals surface area contributed by atoms with Gasteiger partial charge in [0.05, 0.1) is 0 Å². The molecule has 3 rings (SSSR count). The monoisotopic (exact) mass is 335 g/mol. The fourth-order valence-electron chi connectivity index (χ4n) is 2.48. The van der Waals surface area contributed by atoms with Crippen LogP contribution in [-0.4, -0.2) is 40.9 Å². The highest BCUT2D eigenvalue weighted by Gasteiger charge is 2.19. The van der Waals surface area contributed by atoms with Crippen molar-refractivity contribution in [1.29, 1.82) is 0 Å². The molecule has 1 aliphatic heterocycles. The van der Waals surface area contributed by atoms with Gasteiger partial charge in [-0.2, -0.15) is 4.98 Å². The van der Waals surface area contributed by atoms with E-state index >= 15 is 0 Å². The summed E-state index contributed by atoms with van der Waals surface area (Å²) in [4.78, 5) is 6.87. The molecule has 5 nitrogen and oxygen atoms in total. The fourth-order valence-corrected chi connectivity index (χ4v) is 2.84. The van der Waals surface area contributed by atoms with Gasteiger partial charge in [0.15, 0.2) is 5.82 Å². The number of hydrogen-bond donors (Lipinski definition) is 2. The zero-order chi connectivity index (χ0) is 14.1. The smallest absolute Gasteiger partial charge is 0.245 e. The summed E-state index contributed by atoms with van der Waals surface area (Å²) in [5, 5.41) is 10.8. The Bertz CT molecular complexity index is 609. The summed E-state index contributed by atoms with van der Waals surface area (Å²) in [6, 6.07) is 6.65. The summed E-state index contributed by atoms with van der Waals surface area (Å²) >= 11 is 3.50. The van der Waals surface area contributed by atoms with Crippen molar-refractivity contribution >= 4 is 21.9 Å². The third kappa shape index (κ3) is 2.71. The number of H-pyrrole nitrogens is 1. The van der Waals surface area contributed by atoms with Crippen LogP contribution >= 0.6 is 15.9 Å². The molecule has 1 atom stereocenters. The number of halogens is 1. The number of benzene rings is 1. The number of anilines is 1. The first-order valence-corrected chi connectivity index (χ1v) is 7.60. The Labute approximate surface area is 126 Å². The number of aromatic amines is 1. The third-order valence-corrected chi connectivity index (χ3v) is 4.07. The van der Waals surface area contributed by atoms with Crippen molar-refractivity contribution in [2.75, 3.05) is 24.5 Å². The second-order valence-corrected chi connectivity index (χ2v) is 6.16. The summed E-state index contributed by atoms with van der Waals surface area (Å²) in [6.45, 7) is 7.11. The molecule has 2 N–H and O–H groups in total. The van der Waals surface area contributed by atoms with E-state index in [-0.39, 0.29) is 0 Å². The van der Waals surface area contributed by atoms with Gasteiger partial charge in [0.2, 0.25) is 5.95 Å². The van der Waals surface area contributed by atoms with Gasteiger partial charge >= 0.3 is 0 Å². The Hall–Kier alpha value is -1.40. The number of rotatable bonds is 2. The van der Waals surface area contributed by atoms with Crippen LogP contribution in [0.15, 0.2) is 22.7 Å². The number of nitrogens with one attached hydrogen (secondary N) is 2. The van der Waals surface area contributed by atoms with Gasteiger partial charge in [-0.1, -0.05) is 22.0 Å². The van der Waals surface area contributed by atoms with Crippen molar-refractivity contribution in [3.05, 3.63) is 28.2 Å². The molecule has 0 aliphatic carbocycles. The highest BCUT2D eigenvalue weighted by molar-refractivity contribution is 9.10. The Morgan fingerprint density at radius 1 is 1.40 bits per heavy atom. The molecule has 0 spiro atoms. The molecule has 2 heterocycles. The third-order valence-electron chi connectivity index (χ3n) is 3.58. The molecule has 0 amide bonds. The molecule has 1 saturated heterocycles. The second kappa shape index (κ2) is 5.54. The standard InChI is InChI=1S/C14H18BrN5/c1-9-3-4-11(15)7-12(9)13-17-14(19-18-13)20-6-5-16-10(2)8-20/h3-4,7,10,16H,5-6,8H2,1-2H3,(H,17,18,19)/t10-/m0/s1.